The third-order valence-corrected chi connectivity index (χ3v) is 3.38. The van der Waals surface area contributed by atoms with E-state index in [9.17, 15) is 0 Å². The Bertz CT molecular complexity index is 248. The highest BCUT2D eigenvalue weighted by Crippen LogP contribution is 2.28. The van der Waals surface area contributed by atoms with E-state index in [-0.39, 0.29) is 5.54 Å². The lowest BCUT2D eigenvalue weighted by Gasteiger charge is -2.37. The van der Waals surface area contributed by atoms with Crippen molar-refractivity contribution in [2.75, 3.05) is 13.1 Å². The lowest BCUT2D eigenvalue weighted by molar-refractivity contribution is 0.185. The zero-order valence-electron chi connectivity index (χ0n) is 11.3. The van der Waals surface area contributed by atoms with Gasteiger partial charge in [-0.2, -0.15) is 0 Å². The average molecular weight is 225 g/mol. The van der Waals surface area contributed by atoms with Crippen LogP contribution in [-0.2, 0) is 0 Å². The number of rotatable bonds is 6. The highest BCUT2D eigenvalue weighted by Gasteiger charge is 2.37. The van der Waals surface area contributed by atoms with E-state index < -0.39 is 0 Å². The van der Waals surface area contributed by atoms with Gasteiger partial charge in [-0.15, -0.1) is 0 Å². The van der Waals surface area contributed by atoms with E-state index in [1.165, 1.54) is 25.7 Å². The van der Waals surface area contributed by atoms with Crippen molar-refractivity contribution in [2.24, 2.45) is 16.6 Å². The summed E-state index contributed by atoms with van der Waals surface area (Å²) in [7, 11) is 0. The SMILES string of the molecule is CCCCCC1(C)CN=C(N)N1CC(C)C. The van der Waals surface area contributed by atoms with E-state index in [1.54, 1.807) is 0 Å². The van der Waals surface area contributed by atoms with Gasteiger partial charge in [0.1, 0.15) is 0 Å². The molecular formula is C13H27N3. The van der Waals surface area contributed by atoms with Crippen LogP contribution in [0.2, 0.25) is 0 Å². The molecule has 1 aliphatic rings. The van der Waals surface area contributed by atoms with Crippen molar-refractivity contribution >= 4 is 5.96 Å². The van der Waals surface area contributed by atoms with E-state index in [1.807, 2.05) is 0 Å². The second kappa shape index (κ2) is 5.55. The van der Waals surface area contributed by atoms with Crippen LogP contribution < -0.4 is 5.73 Å². The van der Waals surface area contributed by atoms with Gasteiger partial charge < -0.3 is 10.6 Å². The van der Waals surface area contributed by atoms with E-state index >= 15 is 0 Å². The molecule has 0 bridgehead atoms. The number of nitrogens with zero attached hydrogens (tertiary/aromatic N) is 2. The maximum atomic E-state index is 5.98. The van der Waals surface area contributed by atoms with E-state index in [0.29, 0.717) is 5.92 Å². The van der Waals surface area contributed by atoms with Crippen molar-refractivity contribution in [2.45, 2.75) is 58.9 Å². The Hall–Kier alpha value is -0.730. The zero-order chi connectivity index (χ0) is 12.2. The number of guanidine groups is 1. The summed E-state index contributed by atoms with van der Waals surface area (Å²) < 4.78 is 0. The van der Waals surface area contributed by atoms with Gasteiger partial charge in [0, 0.05) is 6.54 Å². The number of hydrogen-bond acceptors (Lipinski definition) is 3. The summed E-state index contributed by atoms with van der Waals surface area (Å²) in [5.74, 6) is 1.38. The molecule has 0 amide bonds. The van der Waals surface area contributed by atoms with Crippen LogP contribution in [0.3, 0.4) is 0 Å². The largest absolute Gasteiger partial charge is 0.370 e. The van der Waals surface area contributed by atoms with Gasteiger partial charge >= 0.3 is 0 Å². The standard InChI is InChI=1S/C13H27N3/c1-5-6-7-8-13(4)10-15-12(14)16(13)9-11(2)3/h11H,5-10H2,1-4H3,(H2,14,15). The molecule has 0 aromatic rings. The molecule has 94 valence electrons. The van der Waals surface area contributed by atoms with Crippen LogP contribution >= 0.6 is 0 Å². The van der Waals surface area contributed by atoms with Gasteiger partial charge in [0.25, 0.3) is 0 Å². The quantitative estimate of drug-likeness (QED) is 0.706. The van der Waals surface area contributed by atoms with Crippen molar-refractivity contribution in [1.82, 2.24) is 4.90 Å². The van der Waals surface area contributed by atoms with Crippen molar-refractivity contribution in [1.29, 1.82) is 0 Å². The molecule has 3 nitrogen and oxygen atoms in total. The molecule has 0 radical (unpaired) electrons. The van der Waals surface area contributed by atoms with Gasteiger partial charge in [0.05, 0.1) is 12.1 Å². The number of hydrogen-bond donors (Lipinski definition) is 1. The molecule has 2 N–H and O–H groups in total. The summed E-state index contributed by atoms with van der Waals surface area (Å²) in [6.45, 7) is 10.9. The molecule has 3 heteroatoms. The fourth-order valence-corrected chi connectivity index (χ4v) is 2.35. The van der Waals surface area contributed by atoms with E-state index in [4.69, 9.17) is 5.73 Å². The Balaban J connectivity index is 2.57. The van der Waals surface area contributed by atoms with Crippen molar-refractivity contribution < 1.29 is 0 Å². The summed E-state index contributed by atoms with van der Waals surface area (Å²) >= 11 is 0. The van der Waals surface area contributed by atoms with Gasteiger partial charge in [-0.25, -0.2) is 0 Å². The van der Waals surface area contributed by atoms with E-state index in [2.05, 4.69) is 37.6 Å². The monoisotopic (exact) mass is 225 g/mol. The molecule has 0 spiro atoms. The van der Waals surface area contributed by atoms with Crippen LogP contribution in [0.25, 0.3) is 0 Å². The molecule has 0 fully saturated rings. The highest BCUT2D eigenvalue weighted by molar-refractivity contribution is 5.80. The first-order valence-electron chi connectivity index (χ1n) is 6.57. The Labute approximate surface area is 100 Å². The minimum Gasteiger partial charge on any atom is -0.370 e. The Morgan fingerprint density at radius 3 is 2.69 bits per heavy atom. The molecule has 1 rings (SSSR count). The minimum atomic E-state index is 0.170. The molecule has 0 saturated heterocycles. The van der Waals surface area contributed by atoms with Crippen LogP contribution in [-0.4, -0.2) is 29.5 Å². The molecule has 16 heavy (non-hydrogen) atoms. The molecule has 0 aliphatic carbocycles. The Kier molecular flexibility index (Phi) is 4.63. The lowest BCUT2D eigenvalue weighted by Crippen LogP contribution is -2.51. The normalized spacial score (nSPS) is 25.3. The Morgan fingerprint density at radius 1 is 1.44 bits per heavy atom. The molecule has 0 aromatic heterocycles. The van der Waals surface area contributed by atoms with E-state index in [0.717, 1.165) is 19.0 Å². The molecule has 0 aromatic carbocycles. The highest BCUT2D eigenvalue weighted by atomic mass is 15.3. The predicted octanol–water partition coefficient (Wildman–Crippen LogP) is 2.61. The molecule has 0 saturated carbocycles. The summed E-state index contributed by atoms with van der Waals surface area (Å²) in [6, 6.07) is 0. The minimum absolute atomic E-state index is 0.170. The Morgan fingerprint density at radius 2 is 2.12 bits per heavy atom. The summed E-state index contributed by atoms with van der Waals surface area (Å²) in [6.07, 6.45) is 5.07. The van der Waals surface area contributed by atoms with Crippen LogP contribution in [0, 0.1) is 5.92 Å². The van der Waals surface area contributed by atoms with Gasteiger partial charge in [0.2, 0.25) is 0 Å². The second-order valence-corrected chi connectivity index (χ2v) is 5.63. The molecule has 1 atom stereocenters. The fourth-order valence-electron chi connectivity index (χ4n) is 2.35. The molecular weight excluding hydrogens is 198 g/mol. The van der Waals surface area contributed by atoms with Crippen molar-refractivity contribution in [3.63, 3.8) is 0 Å². The second-order valence-electron chi connectivity index (χ2n) is 5.63. The fraction of sp³-hybridized carbons (Fsp3) is 0.923. The smallest absolute Gasteiger partial charge is 0.191 e. The maximum absolute atomic E-state index is 5.98. The summed E-state index contributed by atoms with van der Waals surface area (Å²) in [4.78, 5) is 6.74. The molecule has 1 aliphatic heterocycles. The topological polar surface area (TPSA) is 41.6 Å². The van der Waals surface area contributed by atoms with Crippen molar-refractivity contribution in [3.05, 3.63) is 0 Å². The van der Waals surface area contributed by atoms with Gasteiger partial charge in [-0.3, -0.25) is 4.99 Å². The first kappa shape index (κ1) is 13.3. The van der Waals surface area contributed by atoms with Gasteiger partial charge in [-0.05, 0) is 19.3 Å². The molecule has 1 heterocycles. The third kappa shape index (κ3) is 3.13. The average Bonchev–Trinajstić information content (AvgIpc) is 2.47. The van der Waals surface area contributed by atoms with Crippen LogP contribution in [0.1, 0.15) is 53.4 Å². The number of aliphatic imine (C=N–C) groups is 1. The first-order chi connectivity index (χ1) is 7.49. The first-order valence-corrected chi connectivity index (χ1v) is 6.57. The molecule has 1 unspecified atom stereocenters. The van der Waals surface area contributed by atoms with Crippen LogP contribution in [0.5, 0.6) is 0 Å². The van der Waals surface area contributed by atoms with Gasteiger partial charge in [0.15, 0.2) is 5.96 Å². The zero-order valence-corrected chi connectivity index (χ0v) is 11.3. The van der Waals surface area contributed by atoms with Crippen molar-refractivity contribution in [3.8, 4) is 0 Å². The maximum Gasteiger partial charge on any atom is 0.191 e. The van der Waals surface area contributed by atoms with Crippen LogP contribution in [0.15, 0.2) is 4.99 Å². The van der Waals surface area contributed by atoms with Gasteiger partial charge in [-0.1, -0.05) is 40.0 Å². The number of nitrogens with two attached hydrogens (primary N) is 1. The lowest BCUT2D eigenvalue weighted by atomic mass is 9.92. The summed E-state index contributed by atoms with van der Waals surface area (Å²) in [5.41, 5.74) is 6.15. The van der Waals surface area contributed by atoms with Crippen LogP contribution in [0.4, 0.5) is 0 Å². The third-order valence-electron chi connectivity index (χ3n) is 3.38. The predicted molar refractivity (Wildman–Crippen MR) is 70.6 cm³/mol. The number of unbranched alkanes of at least 4 members (excludes halogenated alkanes) is 2. The summed E-state index contributed by atoms with van der Waals surface area (Å²) in [5, 5.41) is 0.